The van der Waals surface area contributed by atoms with Crippen LogP contribution in [-0.2, 0) is 13.2 Å². The van der Waals surface area contributed by atoms with Gasteiger partial charge in [-0.1, -0.05) is 12.1 Å². The molecule has 1 aliphatic carbocycles. The zero-order chi connectivity index (χ0) is 12.9. The molecule has 0 radical (unpaired) electrons. The number of hydrogen-bond acceptors (Lipinski definition) is 3. The van der Waals surface area contributed by atoms with Crippen LogP contribution in [0.2, 0.25) is 0 Å². The number of aromatic nitrogens is 1. The van der Waals surface area contributed by atoms with Gasteiger partial charge in [-0.15, -0.1) is 0 Å². The Labute approximate surface area is 113 Å². The molecule has 0 saturated heterocycles. The Kier molecular flexibility index (Phi) is 3.75. The predicted molar refractivity (Wildman–Crippen MR) is 74.9 cm³/mol. The van der Waals surface area contributed by atoms with Crippen LogP contribution < -0.4 is 10.1 Å². The number of rotatable bonds is 6. The lowest BCUT2D eigenvalue weighted by Gasteiger charge is -2.08. The Morgan fingerprint density at radius 1 is 1.11 bits per heavy atom. The summed E-state index contributed by atoms with van der Waals surface area (Å²) in [6.07, 6.45) is 6.21. The molecule has 1 aromatic heterocycles. The minimum atomic E-state index is 0.585. The SMILES string of the molecule is c1cc(CNC2CC2)cc(OCc2ccncc2)c1. The lowest BCUT2D eigenvalue weighted by Crippen LogP contribution is -2.15. The molecular weight excluding hydrogens is 236 g/mol. The Morgan fingerprint density at radius 2 is 1.95 bits per heavy atom. The molecule has 1 saturated carbocycles. The van der Waals surface area contributed by atoms with Gasteiger partial charge in [0.05, 0.1) is 0 Å². The first-order valence-corrected chi connectivity index (χ1v) is 6.74. The van der Waals surface area contributed by atoms with E-state index in [2.05, 4.69) is 22.4 Å². The van der Waals surface area contributed by atoms with E-state index in [4.69, 9.17) is 4.74 Å². The van der Waals surface area contributed by atoms with Gasteiger partial charge in [-0.3, -0.25) is 4.98 Å². The number of pyridine rings is 1. The maximum Gasteiger partial charge on any atom is 0.120 e. The first-order valence-electron chi connectivity index (χ1n) is 6.74. The van der Waals surface area contributed by atoms with E-state index in [0.29, 0.717) is 6.61 Å². The van der Waals surface area contributed by atoms with Gasteiger partial charge in [-0.2, -0.15) is 0 Å². The Morgan fingerprint density at radius 3 is 2.74 bits per heavy atom. The van der Waals surface area contributed by atoms with Crippen molar-refractivity contribution in [2.75, 3.05) is 0 Å². The maximum atomic E-state index is 5.80. The summed E-state index contributed by atoms with van der Waals surface area (Å²) in [7, 11) is 0. The summed E-state index contributed by atoms with van der Waals surface area (Å²) in [6.45, 7) is 1.51. The lowest BCUT2D eigenvalue weighted by atomic mass is 10.2. The van der Waals surface area contributed by atoms with Crippen molar-refractivity contribution in [1.29, 1.82) is 0 Å². The molecule has 1 aliphatic rings. The van der Waals surface area contributed by atoms with Gasteiger partial charge >= 0.3 is 0 Å². The van der Waals surface area contributed by atoms with Gasteiger partial charge in [0.2, 0.25) is 0 Å². The highest BCUT2D eigenvalue weighted by Gasteiger charge is 2.19. The van der Waals surface area contributed by atoms with Crippen LogP contribution in [0.4, 0.5) is 0 Å². The molecule has 0 unspecified atom stereocenters. The molecule has 1 aromatic carbocycles. The monoisotopic (exact) mass is 254 g/mol. The van der Waals surface area contributed by atoms with Crippen molar-refractivity contribution in [3.63, 3.8) is 0 Å². The average Bonchev–Trinajstić information content (AvgIpc) is 3.29. The van der Waals surface area contributed by atoms with E-state index in [1.54, 1.807) is 12.4 Å². The summed E-state index contributed by atoms with van der Waals surface area (Å²) in [6, 6.07) is 13.0. The molecule has 1 heterocycles. The van der Waals surface area contributed by atoms with Crippen molar-refractivity contribution in [1.82, 2.24) is 10.3 Å². The third-order valence-electron chi connectivity index (χ3n) is 3.23. The first-order chi connectivity index (χ1) is 9.40. The van der Waals surface area contributed by atoms with Gasteiger partial charge in [0.25, 0.3) is 0 Å². The van der Waals surface area contributed by atoms with E-state index in [9.17, 15) is 0 Å². The smallest absolute Gasteiger partial charge is 0.120 e. The summed E-state index contributed by atoms with van der Waals surface area (Å²) in [5.74, 6) is 0.923. The van der Waals surface area contributed by atoms with Crippen molar-refractivity contribution < 1.29 is 4.74 Å². The van der Waals surface area contributed by atoms with Crippen LogP contribution in [-0.4, -0.2) is 11.0 Å². The average molecular weight is 254 g/mol. The summed E-state index contributed by atoms with van der Waals surface area (Å²) in [5.41, 5.74) is 2.41. The number of ether oxygens (including phenoxy) is 1. The van der Waals surface area contributed by atoms with Crippen LogP contribution in [0.25, 0.3) is 0 Å². The molecule has 0 spiro atoms. The van der Waals surface area contributed by atoms with Crippen molar-refractivity contribution in [2.24, 2.45) is 0 Å². The third-order valence-corrected chi connectivity index (χ3v) is 3.23. The topological polar surface area (TPSA) is 34.1 Å². The van der Waals surface area contributed by atoms with Crippen LogP contribution >= 0.6 is 0 Å². The van der Waals surface area contributed by atoms with Crippen LogP contribution in [0.5, 0.6) is 5.75 Å². The fraction of sp³-hybridized carbons (Fsp3) is 0.312. The summed E-state index contributed by atoms with van der Waals surface area (Å²) in [4.78, 5) is 4.00. The fourth-order valence-corrected chi connectivity index (χ4v) is 1.94. The second-order valence-corrected chi connectivity index (χ2v) is 4.95. The zero-order valence-electron chi connectivity index (χ0n) is 10.9. The quantitative estimate of drug-likeness (QED) is 0.860. The summed E-state index contributed by atoms with van der Waals surface area (Å²) in [5, 5.41) is 3.51. The van der Waals surface area contributed by atoms with E-state index in [1.165, 1.54) is 18.4 Å². The highest BCUT2D eigenvalue weighted by molar-refractivity contribution is 5.29. The van der Waals surface area contributed by atoms with E-state index >= 15 is 0 Å². The molecule has 19 heavy (non-hydrogen) atoms. The highest BCUT2D eigenvalue weighted by atomic mass is 16.5. The molecule has 3 nitrogen and oxygen atoms in total. The second-order valence-electron chi connectivity index (χ2n) is 4.95. The second kappa shape index (κ2) is 5.85. The van der Waals surface area contributed by atoms with Crippen LogP contribution in [0.3, 0.4) is 0 Å². The highest BCUT2D eigenvalue weighted by Crippen LogP contribution is 2.20. The molecule has 0 amide bonds. The number of nitrogens with one attached hydrogen (secondary N) is 1. The number of hydrogen-bond donors (Lipinski definition) is 1. The minimum Gasteiger partial charge on any atom is -0.489 e. The van der Waals surface area contributed by atoms with Crippen molar-refractivity contribution >= 4 is 0 Å². The van der Waals surface area contributed by atoms with E-state index in [-0.39, 0.29) is 0 Å². The van der Waals surface area contributed by atoms with Gasteiger partial charge in [-0.05, 0) is 48.2 Å². The fourth-order valence-electron chi connectivity index (χ4n) is 1.94. The van der Waals surface area contributed by atoms with Gasteiger partial charge in [0, 0.05) is 25.0 Å². The normalized spacial score (nSPS) is 14.3. The molecular formula is C16H18N2O. The van der Waals surface area contributed by atoms with E-state index in [1.807, 2.05) is 24.3 Å². The number of benzene rings is 1. The molecule has 3 heteroatoms. The van der Waals surface area contributed by atoms with Gasteiger partial charge in [0.1, 0.15) is 12.4 Å². The van der Waals surface area contributed by atoms with Crippen LogP contribution in [0.1, 0.15) is 24.0 Å². The molecule has 0 bridgehead atoms. The third kappa shape index (κ3) is 3.80. The van der Waals surface area contributed by atoms with Crippen molar-refractivity contribution in [3.05, 3.63) is 59.9 Å². The largest absolute Gasteiger partial charge is 0.489 e. The van der Waals surface area contributed by atoms with Crippen molar-refractivity contribution in [3.8, 4) is 5.75 Å². The minimum absolute atomic E-state index is 0.585. The number of nitrogens with zero attached hydrogens (tertiary/aromatic N) is 1. The molecule has 1 N–H and O–H groups in total. The molecule has 3 rings (SSSR count). The zero-order valence-corrected chi connectivity index (χ0v) is 10.9. The van der Waals surface area contributed by atoms with E-state index < -0.39 is 0 Å². The Hall–Kier alpha value is -1.87. The van der Waals surface area contributed by atoms with Crippen molar-refractivity contribution in [2.45, 2.75) is 32.0 Å². The van der Waals surface area contributed by atoms with Gasteiger partial charge in [0.15, 0.2) is 0 Å². The first kappa shape index (κ1) is 12.2. The standard InChI is InChI=1S/C16H18N2O/c1-2-14(11-18-15-4-5-15)10-16(3-1)19-12-13-6-8-17-9-7-13/h1-3,6-10,15,18H,4-5,11-12H2. The molecule has 0 aliphatic heterocycles. The molecule has 1 fully saturated rings. The van der Waals surface area contributed by atoms with Crippen LogP contribution in [0.15, 0.2) is 48.8 Å². The molecule has 0 atom stereocenters. The Balaban J connectivity index is 1.56. The lowest BCUT2D eigenvalue weighted by molar-refractivity contribution is 0.305. The molecule has 2 aromatic rings. The van der Waals surface area contributed by atoms with Gasteiger partial charge < -0.3 is 10.1 Å². The Bertz CT molecular complexity index is 523. The predicted octanol–water partition coefficient (Wildman–Crippen LogP) is 2.91. The summed E-state index contributed by atoms with van der Waals surface area (Å²) >= 11 is 0. The van der Waals surface area contributed by atoms with Gasteiger partial charge in [-0.25, -0.2) is 0 Å². The molecule has 98 valence electrons. The summed E-state index contributed by atoms with van der Waals surface area (Å²) < 4.78 is 5.80. The maximum absolute atomic E-state index is 5.80. The van der Waals surface area contributed by atoms with Crippen LogP contribution in [0, 0.1) is 0 Å². The van der Waals surface area contributed by atoms with E-state index in [0.717, 1.165) is 23.9 Å².